The SMILES string of the molecule is CN(C)C1C=CC(C2C=NC3NCC(c4ncc[nH]4)C3C2)CC1. The number of aliphatic imine (C=N–C) groups is 1. The summed E-state index contributed by atoms with van der Waals surface area (Å²) in [6, 6.07) is 0.601. The third-order valence-electron chi connectivity index (χ3n) is 5.91. The van der Waals surface area contributed by atoms with Crippen LogP contribution < -0.4 is 5.32 Å². The van der Waals surface area contributed by atoms with Crippen LogP contribution in [0.25, 0.3) is 0 Å². The van der Waals surface area contributed by atoms with Gasteiger partial charge >= 0.3 is 0 Å². The van der Waals surface area contributed by atoms with Gasteiger partial charge in [-0.3, -0.25) is 10.3 Å². The molecular formula is C18H27N5. The zero-order chi connectivity index (χ0) is 15.8. The van der Waals surface area contributed by atoms with Crippen molar-refractivity contribution in [2.24, 2.45) is 22.7 Å². The summed E-state index contributed by atoms with van der Waals surface area (Å²) in [4.78, 5) is 14.9. The maximum absolute atomic E-state index is 4.84. The van der Waals surface area contributed by atoms with Crippen molar-refractivity contribution < 1.29 is 0 Å². The highest BCUT2D eigenvalue weighted by molar-refractivity contribution is 5.63. The summed E-state index contributed by atoms with van der Waals surface area (Å²) in [6.45, 7) is 0.982. The summed E-state index contributed by atoms with van der Waals surface area (Å²) in [6.07, 6.45) is 14.9. The summed E-state index contributed by atoms with van der Waals surface area (Å²) >= 11 is 0. The fraction of sp³-hybridized carbons (Fsp3) is 0.667. The molecule has 2 N–H and O–H groups in total. The van der Waals surface area contributed by atoms with Gasteiger partial charge in [-0.25, -0.2) is 4.98 Å². The average Bonchev–Trinajstić information content (AvgIpc) is 3.23. The summed E-state index contributed by atoms with van der Waals surface area (Å²) in [5.74, 6) is 3.38. The maximum Gasteiger partial charge on any atom is 0.110 e. The van der Waals surface area contributed by atoms with E-state index >= 15 is 0 Å². The molecule has 124 valence electrons. The average molecular weight is 313 g/mol. The highest BCUT2D eigenvalue weighted by Crippen LogP contribution is 2.40. The van der Waals surface area contributed by atoms with Crippen molar-refractivity contribution in [1.82, 2.24) is 20.2 Å². The molecule has 0 bridgehead atoms. The first-order valence-electron chi connectivity index (χ1n) is 8.83. The zero-order valence-corrected chi connectivity index (χ0v) is 14.0. The van der Waals surface area contributed by atoms with Crippen LogP contribution in [0, 0.1) is 17.8 Å². The van der Waals surface area contributed by atoms with Crippen LogP contribution >= 0.6 is 0 Å². The van der Waals surface area contributed by atoms with E-state index in [-0.39, 0.29) is 6.17 Å². The molecule has 0 saturated carbocycles. The fourth-order valence-corrected chi connectivity index (χ4v) is 4.48. The van der Waals surface area contributed by atoms with Crippen molar-refractivity contribution in [1.29, 1.82) is 0 Å². The summed E-state index contributed by atoms with van der Waals surface area (Å²) in [5.41, 5.74) is 0. The summed E-state index contributed by atoms with van der Waals surface area (Å²) < 4.78 is 0. The van der Waals surface area contributed by atoms with Crippen molar-refractivity contribution in [3.8, 4) is 0 Å². The van der Waals surface area contributed by atoms with Gasteiger partial charge in [-0.1, -0.05) is 12.2 Å². The van der Waals surface area contributed by atoms with Crippen LogP contribution in [0.5, 0.6) is 0 Å². The first kappa shape index (κ1) is 15.1. The Morgan fingerprint density at radius 1 is 1.17 bits per heavy atom. The number of fused-ring (bicyclic) bond motifs is 1. The Bertz CT molecular complexity index is 576. The van der Waals surface area contributed by atoms with Crippen molar-refractivity contribution in [3.63, 3.8) is 0 Å². The largest absolute Gasteiger partial charge is 0.348 e. The molecule has 1 saturated heterocycles. The van der Waals surface area contributed by atoms with Gasteiger partial charge in [0, 0.05) is 48.9 Å². The van der Waals surface area contributed by atoms with E-state index in [1.807, 2.05) is 12.4 Å². The first-order valence-corrected chi connectivity index (χ1v) is 8.83. The minimum atomic E-state index is 0.281. The van der Waals surface area contributed by atoms with Crippen LogP contribution in [0.3, 0.4) is 0 Å². The van der Waals surface area contributed by atoms with Crippen molar-refractivity contribution >= 4 is 6.21 Å². The predicted molar refractivity (Wildman–Crippen MR) is 92.5 cm³/mol. The number of nitrogens with one attached hydrogen (secondary N) is 2. The predicted octanol–water partition coefficient (Wildman–Crippen LogP) is 2.03. The van der Waals surface area contributed by atoms with Crippen LogP contribution in [0.15, 0.2) is 29.5 Å². The van der Waals surface area contributed by atoms with Crippen LogP contribution in [0.4, 0.5) is 0 Å². The Labute approximate surface area is 138 Å². The topological polar surface area (TPSA) is 56.3 Å². The van der Waals surface area contributed by atoms with Crippen molar-refractivity contribution in [3.05, 3.63) is 30.4 Å². The number of rotatable bonds is 3. The van der Waals surface area contributed by atoms with Crippen LogP contribution in [-0.4, -0.2) is 53.9 Å². The third-order valence-corrected chi connectivity index (χ3v) is 5.91. The number of nitrogens with zero attached hydrogens (tertiary/aromatic N) is 3. The number of aromatic amines is 1. The molecule has 5 heteroatoms. The van der Waals surface area contributed by atoms with Crippen LogP contribution in [-0.2, 0) is 0 Å². The number of hydrogen-bond acceptors (Lipinski definition) is 4. The van der Waals surface area contributed by atoms with Gasteiger partial charge in [-0.2, -0.15) is 0 Å². The van der Waals surface area contributed by atoms with Crippen LogP contribution in [0.2, 0.25) is 0 Å². The molecule has 0 amide bonds. The monoisotopic (exact) mass is 313 g/mol. The number of hydrogen-bond donors (Lipinski definition) is 2. The number of allylic oxidation sites excluding steroid dienone is 1. The Kier molecular flexibility index (Phi) is 4.07. The maximum atomic E-state index is 4.84. The molecule has 2 aliphatic heterocycles. The molecule has 6 unspecified atom stereocenters. The first-order chi connectivity index (χ1) is 11.2. The Balaban J connectivity index is 1.47. The molecule has 6 atom stereocenters. The summed E-state index contributed by atoms with van der Waals surface area (Å²) in [7, 11) is 4.33. The zero-order valence-electron chi connectivity index (χ0n) is 14.0. The lowest BCUT2D eigenvalue weighted by atomic mass is 9.75. The van der Waals surface area contributed by atoms with Gasteiger partial charge in [0.25, 0.3) is 0 Å². The molecule has 23 heavy (non-hydrogen) atoms. The number of H-pyrrole nitrogens is 1. The second-order valence-electron chi connectivity index (χ2n) is 7.45. The molecule has 1 aromatic rings. The molecule has 0 radical (unpaired) electrons. The van der Waals surface area contributed by atoms with Gasteiger partial charge in [0.15, 0.2) is 0 Å². The minimum Gasteiger partial charge on any atom is -0.348 e. The number of aromatic nitrogens is 2. The molecule has 3 aliphatic rings. The van der Waals surface area contributed by atoms with Crippen LogP contribution in [0.1, 0.15) is 31.0 Å². The Morgan fingerprint density at radius 3 is 2.78 bits per heavy atom. The van der Waals surface area contributed by atoms with E-state index in [0.717, 1.165) is 12.4 Å². The molecule has 3 heterocycles. The van der Waals surface area contributed by atoms with Gasteiger partial charge in [0.2, 0.25) is 0 Å². The lowest BCUT2D eigenvalue weighted by molar-refractivity contribution is 0.259. The van der Waals surface area contributed by atoms with Crippen molar-refractivity contribution in [2.45, 2.75) is 37.4 Å². The van der Waals surface area contributed by atoms with E-state index in [9.17, 15) is 0 Å². The standard InChI is InChI=1S/C18H27N5/c1-23(2)14-5-3-12(4-6-14)13-9-15-16(18-19-7-8-20-18)11-22-17(15)21-10-13/h3,5,7-8,10,12-17,22H,4,6,9,11H2,1-2H3,(H,19,20). The van der Waals surface area contributed by atoms with Gasteiger partial charge in [-0.05, 0) is 39.3 Å². The molecule has 1 aliphatic carbocycles. The van der Waals surface area contributed by atoms with E-state index in [2.05, 4.69) is 52.6 Å². The van der Waals surface area contributed by atoms with Gasteiger partial charge in [0.1, 0.15) is 12.0 Å². The normalized spacial score (nSPS) is 39.8. The van der Waals surface area contributed by atoms with E-state index in [0.29, 0.717) is 29.7 Å². The molecular weight excluding hydrogens is 286 g/mol. The second-order valence-corrected chi connectivity index (χ2v) is 7.45. The van der Waals surface area contributed by atoms with Gasteiger partial charge < -0.3 is 9.88 Å². The Hall–Kier alpha value is -1.46. The third kappa shape index (κ3) is 2.88. The smallest absolute Gasteiger partial charge is 0.110 e. The summed E-state index contributed by atoms with van der Waals surface area (Å²) in [5, 5.41) is 3.56. The minimum absolute atomic E-state index is 0.281. The molecule has 1 aromatic heterocycles. The molecule has 4 rings (SSSR count). The molecule has 1 fully saturated rings. The molecule has 0 aromatic carbocycles. The number of likely N-dealkylation sites (N-methyl/N-ethyl adjacent to an activating group) is 1. The van der Waals surface area contributed by atoms with Gasteiger partial charge in [0.05, 0.1) is 0 Å². The van der Waals surface area contributed by atoms with E-state index in [1.54, 1.807) is 0 Å². The van der Waals surface area contributed by atoms with Crippen molar-refractivity contribution in [2.75, 3.05) is 20.6 Å². The van der Waals surface area contributed by atoms with E-state index in [1.165, 1.54) is 19.3 Å². The van der Waals surface area contributed by atoms with Gasteiger partial charge in [-0.15, -0.1) is 0 Å². The lowest BCUT2D eigenvalue weighted by Crippen LogP contribution is -2.36. The molecule has 0 spiro atoms. The highest BCUT2D eigenvalue weighted by atomic mass is 15.1. The quantitative estimate of drug-likeness (QED) is 0.840. The highest BCUT2D eigenvalue weighted by Gasteiger charge is 2.42. The fourth-order valence-electron chi connectivity index (χ4n) is 4.48. The number of imidazole rings is 1. The second kappa shape index (κ2) is 6.21. The lowest BCUT2D eigenvalue weighted by Gasteiger charge is -2.35. The Morgan fingerprint density at radius 2 is 2.09 bits per heavy atom. The van der Waals surface area contributed by atoms with E-state index < -0.39 is 0 Å². The van der Waals surface area contributed by atoms with E-state index in [4.69, 9.17) is 4.99 Å². The molecule has 5 nitrogen and oxygen atoms in total.